The average Bonchev–Trinajstić information content (AvgIpc) is 3.29. The van der Waals surface area contributed by atoms with Crippen molar-refractivity contribution in [1.82, 2.24) is 9.78 Å². The van der Waals surface area contributed by atoms with Gasteiger partial charge >= 0.3 is 0 Å². The summed E-state index contributed by atoms with van der Waals surface area (Å²) in [6.45, 7) is 1.85. The maximum absolute atomic E-state index is 13.3. The molecule has 0 saturated heterocycles. The number of hydrogen-bond donors (Lipinski definition) is 1. The molecule has 5 rings (SSSR count). The number of amides is 1. The van der Waals surface area contributed by atoms with Crippen molar-refractivity contribution in [2.24, 2.45) is 0 Å². The van der Waals surface area contributed by atoms with Crippen LogP contribution in [0.1, 0.15) is 34.2 Å². The highest BCUT2D eigenvalue weighted by molar-refractivity contribution is 9.10. The van der Waals surface area contributed by atoms with Crippen LogP contribution < -0.4 is 5.32 Å². The van der Waals surface area contributed by atoms with Crippen molar-refractivity contribution in [3.05, 3.63) is 76.1 Å². The summed E-state index contributed by atoms with van der Waals surface area (Å²) in [5, 5.41) is 8.35. The monoisotopic (exact) mass is 449 g/mol. The fourth-order valence-corrected chi connectivity index (χ4v) is 4.08. The number of hydrogen-bond acceptors (Lipinski definition) is 4. The van der Waals surface area contributed by atoms with E-state index >= 15 is 0 Å². The van der Waals surface area contributed by atoms with E-state index in [1.54, 1.807) is 10.7 Å². The first kappa shape index (κ1) is 17.9. The van der Waals surface area contributed by atoms with Gasteiger partial charge in [0.05, 0.1) is 17.3 Å². The van der Waals surface area contributed by atoms with E-state index in [0.29, 0.717) is 17.1 Å². The zero-order valence-corrected chi connectivity index (χ0v) is 17.1. The summed E-state index contributed by atoms with van der Waals surface area (Å²) in [6.07, 6.45) is 0.0652. The number of fused-ring (bicyclic) bond motifs is 2. The highest BCUT2D eigenvalue weighted by atomic mass is 79.9. The largest absolute Gasteiger partial charge is 0.453 e. The van der Waals surface area contributed by atoms with Crippen LogP contribution in [0.4, 0.5) is 5.82 Å². The van der Waals surface area contributed by atoms with E-state index in [1.165, 1.54) is 0 Å². The van der Waals surface area contributed by atoms with Gasteiger partial charge in [-0.2, -0.15) is 5.10 Å². The van der Waals surface area contributed by atoms with Crippen LogP contribution in [0.5, 0.6) is 0 Å². The molecule has 0 bridgehead atoms. The minimum atomic E-state index is -0.636. The first-order valence-corrected chi connectivity index (χ1v) is 9.98. The Morgan fingerprint density at radius 3 is 2.72 bits per heavy atom. The van der Waals surface area contributed by atoms with E-state index < -0.39 is 5.92 Å². The minimum Gasteiger partial charge on any atom is -0.453 e. The van der Waals surface area contributed by atoms with Gasteiger partial charge in [-0.3, -0.25) is 9.59 Å². The van der Waals surface area contributed by atoms with Crippen molar-refractivity contribution in [2.75, 3.05) is 5.32 Å². The summed E-state index contributed by atoms with van der Waals surface area (Å²) in [4.78, 5) is 25.8. The fraction of sp³-hybridized carbons (Fsp3) is 0.136. The number of nitrogens with zero attached hydrogens (tertiary/aromatic N) is 2. The molecular weight excluding hydrogens is 434 g/mol. The first-order valence-electron chi connectivity index (χ1n) is 9.19. The van der Waals surface area contributed by atoms with Gasteiger partial charge in [0.2, 0.25) is 11.7 Å². The zero-order chi connectivity index (χ0) is 20.1. The van der Waals surface area contributed by atoms with Crippen LogP contribution in [0, 0.1) is 6.92 Å². The predicted octanol–water partition coefficient (Wildman–Crippen LogP) is 5.00. The normalized spacial score (nSPS) is 15.9. The molecule has 1 aliphatic rings. The molecule has 1 unspecified atom stereocenters. The van der Waals surface area contributed by atoms with Crippen molar-refractivity contribution in [1.29, 1.82) is 0 Å². The topological polar surface area (TPSA) is 77.1 Å². The minimum absolute atomic E-state index is 0.0652. The van der Waals surface area contributed by atoms with Gasteiger partial charge in [0.15, 0.2) is 5.76 Å². The Morgan fingerprint density at radius 1 is 1.21 bits per heavy atom. The Bertz CT molecular complexity index is 1240. The molecule has 1 amide bonds. The van der Waals surface area contributed by atoms with Gasteiger partial charge in [-0.1, -0.05) is 34.1 Å². The van der Waals surface area contributed by atoms with Crippen LogP contribution in [0.15, 0.2) is 63.5 Å². The lowest BCUT2D eigenvalue weighted by Gasteiger charge is -2.22. The molecule has 1 aliphatic heterocycles. The number of carbonyl (C=O) groups is 2. The Hall–Kier alpha value is -3.19. The van der Waals surface area contributed by atoms with E-state index in [9.17, 15) is 9.59 Å². The number of anilines is 1. The highest BCUT2D eigenvalue weighted by Crippen LogP contribution is 2.39. The molecular formula is C22H16BrN3O3. The molecule has 7 heteroatoms. The third-order valence-corrected chi connectivity index (χ3v) is 5.69. The Kier molecular flexibility index (Phi) is 4.13. The highest BCUT2D eigenvalue weighted by Gasteiger charge is 2.37. The number of nitrogens with one attached hydrogen (secondary N) is 1. The van der Waals surface area contributed by atoms with Crippen LogP contribution in [-0.2, 0) is 4.79 Å². The SMILES string of the molecule is Cc1nn(-c2ccc(Br)cc2)c2c1C(C(=O)c1cc3ccccc3o1)CC(=O)N2. The van der Waals surface area contributed by atoms with Gasteiger partial charge in [0.25, 0.3) is 0 Å². The van der Waals surface area contributed by atoms with E-state index in [1.807, 2.05) is 55.5 Å². The number of aryl methyl sites for hydroxylation is 1. The summed E-state index contributed by atoms with van der Waals surface area (Å²) >= 11 is 3.42. The zero-order valence-electron chi connectivity index (χ0n) is 15.5. The Labute approximate surface area is 174 Å². The van der Waals surface area contributed by atoms with E-state index in [-0.39, 0.29) is 23.9 Å². The summed E-state index contributed by atoms with van der Waals surface area (Å²) in [7, 11) is 0. The molecule has 0 radical (unpaired) electrons. The second kappa shape index (κ2) is 6.70. The molecule has 1 N–H and O–H groups in total. The maximum atomic E-state index is 13.3. The third-order valence-electron chi connectivity index (χ3n) is 5.16. The van der Waals surface area contributed by atoms with E-state index in [0.717, 1.165) is 21.1 Å². The lowest BCUT2D eigenvalue weighted by Crippen LogP contribution is -2.28. The predicted molar refractivity (Wildman–Crippen MR) is 113 cm³/mol. The fourth-order valence-electron chi connectivity index (χ4n) is 3.82. The number of ketones is 1. The number of benzene rings is 2. The lowest BCUT2D eigenvalue weighted by atomic mass is 9.87. The second-order valence-electron chi connectivity index (χ2n) is 7.05. The van der Waals surface area contributed by atoms with Gasteiger partial charge in [0, 0.05) is 21.8 Å². The number of halogens is 1. The standard InChI is InChI=1S/C22H16BrN3O3/c1-12-20-16(21(28)18-10-13-4-2-3-5-17(13)29-18)11-19(27)24-22(20)26(25-12)15-8-6-14(23)7-9-15/h2-10,16H,11H2,1H3,(H,24,27). The van der Waals surface area contributed by atoms with Gasteiger partial charge in [-0.25, -0.2) is 4.68 Å². The molecule has 0 aliphatic carbocycles. The van der Waals surface area contributed by atoms with Crippen molar-refractivity contribution in [3.8, 4) is 5.69 Å². The molecule has 29 heavy (non-hydrogen) atoms. The number of rotatable bonds is 3. The van der Waals surface area contributed by atoms with Gasteiger partial charge in [0.1, 0.15) is 11.4 Å². The molecule has 3 heterocycles. The molecule has 0 fully saturated rings. The summed E-state index contributed by atoms with van der Waals surface area (Å²) < 4.78 is 8.38. The third kappa shape index (κ3) is 2.98. The number of Topliss-reactive ketones (excluding diaryl/α,β-unsaturated/α-hetero) is 1. The molecule has 6 nitrogen and oxygen atoms in total. The van der Waals surface area contributed by atoms with Crippen LogP contribution in [0.25, 0.3) is 16.7 Å². The molecule has 0 spiro atoms. The van der Waals surface area contributed by atoms with Crippen LogP contribution in [-0.4, -0.2) is 21.5 Å². The molecule has 2 aromatic carbocycles. The number of para-hydroxylation sites is 1. The number of carbonyl (C=O) groups excluding carboxylic acids is 2. The Balaban J connectivity index is 1.61. The summed E-state index contributed by atoms with van der Waals surface area (Å²) in [5.41, 5.74) is 2.89. The molecule has 2 aromatic heterocycles. The van der Waals surface area contributed by atoms with Gasteiger partial charge < -0.3 is 9.73 Å². The van der Waals surface area contributed by atoms with Gasteiger partial charge in [-0.05, 0) is 43.3 Å². The average molecular weight is 450 g/mol. The number of aromatic nitrogens is 2. The van der Waals surface area contributed by atoms with Crippen LogP contribution in [0.2, 0.25) is 0 Å². The molecule has 144 valence electrons. The van der Waals surface area contributed by atoms with Crippen molar-refractivity contribution in [2.45, 2.75) is 19.3 Å². The maximum Gasteiger partial charge on any atom is 0.226 e. The number of furan rings is 1. The van der Waals surface area contributed by atoms with E-state index in [4.69, 9.17) is 4.42 Å². The van der Waals surface area contributed by atoms with Crippen molar-refractivity contribution in [3.63, 3.8) is 0 Å². The van der Waals surface area contributed by atoms with Crippen molar-refractivity contribution >= 4 is 44.4 Å². The quantitative estimate of drug-likeness (QED) is 0.446. The smallest absolute Gasteiger partial charge is 0.226 e. The lowest BCUT2D eigenvalue weighted by molar-refractivity contribution is -0.116. The van der Waals surface area contributed by atoms with Gasteiger partial charge in [-0.15, -0.1) is 0 Å². The van der Waals surface area contributed by atoms with Crippen LogP contribution >= 0.6 is 15.9 Å². The summed E-state index contributed by atoms with van der Waals surface area (Å²) in [5.74, 6) is -0.271. The Morgan fingerprint density at radius 2 is 1.97 bits per heavy atom. The molecule has 0 saturated carbocycles. The molecule has 1 atom stereocenters. The summed E-state index contributed by atoms with van der Waals surface area (Å²) in [6, 6.07) is 16.8. The first-order chi connectivity index (χ1) is 14.0. The van der Waals surface area contributed by atoms with Crippen LogP contribution in [0.3, 0.4) is 0 Å². The molecule has 4 aromatic rings. The van der Waals surface area contributed by atoms with E-state index in [2.05, 4.69) is 26.3 Å². The van der Waals surface area contributed by atoms with Crippen molar-refractivity contribution < 1.29 is 14.0 Å². The second-order valence-corrected chi connectivity index (χ2v) is 7.97.